The van der Waals surface area contributed by atoms with Crippen molar-refractivity contribution in [2.75, 3.05) is 0 Å². The molecule has 168 valence electrons. The first-order chi connectivity index (χ1) is 16.1. The van der Waals surface area contributed by atoms with Crippen LogP contribution in [-0.4, -0.2) is 26.6 Å². The Kier molecular flexibility index (Phi) is 6.23. The van der Waals surface area contributed by atoms with Crippen molar-refractivity contribution >= 4 is 45.5 Å². The highest BCUT2D eigenvalue weighted by molar-refractivity contribution is 8.18. The third-order valence-electron chi connectivity index (χ3n) is 6.47. The Labute approximate surface area is 199 Å². The number of amidine groups is 1. The average molecular weight is 456 g/mol. The lowest BCUT2D eigenvalue weighted by molar-refractivity contribution is -0.124. The SMILES string of the molecule is C=CCn1cc(/C=C2/SC(=Nc3ccc(C)cc3)N(C3CCCCC3)C2=O)c2ccccc21. The van der Waals surface area contributed by atoms with E-state index in [0.29, 0.717) is 0 Å². The number of para-hydroxylation sites is 1. The molecule has 1 aromatic heterocycles. The molecular weight excluding hydrogens is 426 g/mol. The Bertz CT molecular complexity index is 1250. The third-order valence-corrected chi connectivity index (χ3v) is 7.45. The Balaban J connectivity index is 1.55. The van der Waals surface area contributed by atoms with E-state index in [4.69, 9.17) is 4.99 Å². The Hall–Kier alpha value is -3.05. The van der Waals surface area contributed by atoms with Gasteiger partial charge in [-0.2, -0.15) is 0 Å². The average Bonchev–Trinajstić information content (AvgIpc) is 3.33. The highest BCUT2D eigenvalue weighted by Gasteiger charge is 2.38. The van der Waals surface area contributed by atoms with Crippen molar-refractivity contribution in [2.45, 2.75) is 51.6 Å². The van der Waals surface area contributed by atoms with Crippen molar-refractivity contribution in [3.63, 3.8) is 0 Å². The van der Waals surface area contributed by atoms with Gasteiger partial charge in [0.2, 0.25) is 0 Å². The van der Waals surface area contributed by atoms with Gasteiger partial charge in [0.05, 0.1) is 10.6 Å². The predicted molar refractivity (Wildman–Crippen MR) is 140 cm³/mol. The number of rotatable bonds is 5. The molecule has 0 spiro atoms. The van der Waals surface area contributed by atoms with Gasteiger partial charge >= 0.3 is 0 Å². The summed E-state index contributed by atoms with van der Waals surface area (Å²) < 4.78 is 2.18. The standard InChI is InChI=1S/C28H29N3OS/c1-3-17-30-19-21(24-11-7-8-12-25(24)30)18-26-27(32)31(23-9-5-4-6-10-23)28(33-26)29-22-15-13-20(2)14-16-22/h3,7-8,11-16,18-19,23H,1,4-6,9-10,17H2,2H3/b26-18+,29-28?. The van der Waals surface area contributed by atoms with Crippen LogP contribution in [0.2, 0.25) is 0 Å². The predicted octanol–water partition coefficient (Wildman–Crippen LogP) is 7.07. The summed E-state index contributed by atoms with van der Waals surface area (Å²) in [6, 6.07) is 16.7. The first-order valence-corrected chi connectivity index (χ1v) is 12.5. The minimum atomic E-state index is 0.0818. The lowest BCUT2D eigenvalue weighted by atomic mass is 9.94. The van der Waals surface area contributed by atoms with E-state index >= 15 is 0 Å². The number of benzene rings is 2. The molecule has 33 heavy (non-hydrogen) atoms. The first-order valence-electron chi connectivity index (χ1n) is 11.7. The van der Waals surface area contributed by atoms with E-state index < -0.39 is 0 Å². The van der Waals surface area contributed by atoms with Gasteiger partial charge in [0.1, 0.15) is 0 Å². The van der Waals surface area contributed by atoms with Crippen LogP contribution < -0.4 is 0 Å². The van der Waals surface area contributed by atoms with E-state index in [1.54, 1.807) is 0 Å². The number of hydrogen-bond acceptors (Lipinski definition) is 3. The van der Waals surface area contributed by atoms with Crippen molar-refractivity contribution in [1.29, 1.82) is 0 Å². The van der Waals surface area contributed by atoms with E-state index in [1.807, 2.05) is 41.3 Å². The molecule has 0 unspecified atom stereocenters. The molecule has 1 amide bonds. The number of hydrogen-bond donors (Lipinski definition) is 0. The fraction of sp³-hybridized carbons (Fsp3) is 0.286. The van der Waals surface area contributed by atoms with Gasteiger partial charge in [-0.25, -0.2) is 4.99 Å². The number of amides is 1. The number of aliphatic imine (C=N–C) groups is 1. The maximum atomic E-state index is 13.7. The Morgan fingerprint density at radius 1 is 1.09 bits per heavy atom. The monoisotopic (exact) mass is 455 g/mol. The van der Waals surface area contributed by atoms with Crippen LogP contribution in [0.15, 0.2) is 77.3 Å². The highest BCUT2D eigenvalue weighted by Crippen LogP contribution is 2.39. The summed E-state index contributed by atoms with van der Waals surface area (Å²) in [6.07, 6.45) is 11.7. The van der Waals surface area contributed by atoms with Crippen LogP contribution >= 0.6 is 11.8 Å². The van der Waals surface area contributed by atoms with Gasteiger partial charge < -0.3 is 4.57 Å². The van der Waals surface area contributed by atoms with Crippen LogP contribution in [0.3, 0.4) is 0 Å². The maximum Gasteiger partial charge on any atom is 0.267 e. The molecule has 1 saturated heterocycles. The number of aromatic nitrogens is 1. The van der Waals surface area contributed by atoms with E-state index in [9.17, 15) is 4.79 Å². The van der Waals surface area contributed by atoms with Crippen LogP contribution in [0.4, 0.5) is 5.69 Å². The molecule has 1 aliphatic heterocycles. The number of nitrogens with zero attached hydrogens (tertiary/aromatic N) is 3. The van der Waals surface area contributed by atoms with E-state index in [2.05, 4.69) is 48.5 Å². The molecule has 0 atom stereocenters. The molecule has 0 bridgehead atoms. The molecule has 5 heteroatoms. The smallest absolute Gasteiger partial charge is 0.267 e. The Morgan fingerprint density at radius 2 is 1.85 bits per heavy atom. The second-order valence-electron chi connectivity index (χ2n) is 8.85. The summed E-state index contributed by atoms with van der Waals surface area (Å²) in [5.41, 5.74) is 4.30. The van der Waals surface area contributed by atoms with Gasteiger partial charge in [-0.1, -0.05) is 61.2 Å². The topological polar surface area (TPSA) is 37.6 Å². The van der Waals surface area contributed by atoms with Crippen LogP contribution in [0.5, 0.6) is 0 Å². The van der Waals surface area contributed by atoms with Gasteiger partial charge in [0.15, 0.2) is 5.17 Å². The van der Waals surface area contributed by atoms with E-state index in [-0.39, 0.29) is 11.9 Å². The fourth-order valence-electron chi connectivity index (χ4n) is 4.78. The van der Waals surface area contributed by atoms with Crippen LogP contribution in [0, 0.1) is 6.92 Å². The summed E-state index contributed by atoms with van der Waals surface area (Å²) in [6.45, 7) is 6.69. The number of aryl methyl sites for hydroxylation is 1. The molecule has 5 rings (SSSR count). The molecular formula is C28H29N3OS. The molecule has 2 heterocycles. The third kappa shape index (κ3) is 4.42. The Morgan fingerprint density at radius 3 is 2.61 bits per heavy atom. The summed E-state index contributed by atoms with van der Waals surface area (Å²) in [4.78, 5) is 21.3. The summed E-state index contributed by atoms with van der Waals surface area (Å²) in [7, 11) is 0. The van der Waals surface area contributed by atoms with Crippen molar-refractivity contribution in [2.24, 2.45) is 4.99 Å². The lowest BCUT2D eigenvalue weighted by Gasteiger charge is -2.30. The maximum absolute atomic E-state index is 13.7. The number of fused-ring (bicyclic) bond motifs is 1. The zero-order chi connectivity index (χ0) is 22.8. The lowest BCUT2D eigenvalue weighted by Crippen LogP contribution is -2.40. The van der Waals surface area contributed by atoms with Crippen molar-refractivity contribution < 1.29 is 4.79 Å². The van der Waals surface area contributed by atoms with Crippen molar-refractivity contribution in [3.8, 4) is 0 Å². The van der Waals surface area contributed by atoms with Crippen molar-refractivity contribution in [1.82, 2.24) is 9.47 Å². The normalized spacial score (nSPS) is 19.8. The molecule has 0 N–H and O–H groups in total. The molecule has 2 aliphatic rings. The number of thioether (sulfide) groups is 1. The largest absolute Gasteiger partial charge is 0.343 e. The first kappa shape index (κ1) is 21.8. The number of carbonyl (C=O) groups is 1. The second kappa shape index (κ2) is 9.44. The van der Waals surface area contributed by atoms with Crippen molar-refractivity contribution in [3.05, 3.63) is 83.4 Å². The van der Waals surface area contributed by atoms with Gasteiger partial charge in [-0.05, 0) is 55.8 Å². The fourth-order valence-corrected chi connectivity index (χ4v) is 5.83. The summed E-state index contributed by atoms with van der Waals surface area (Å²) >= 11 is 1.50. The van der Waals surface area contributed by atoms with Gasteiger partial charge in [0, 0.05) is 35.2 Å². The number of carbonyl (C=O) groups excluding carboxylic acids is 1. The van der Waals surface area contributed by atoms with Gasteiger partial charge in [-0.3, -0.25) is 9.69 Å². The molecule has 2 fully saturated rings. The molecule has 3 aromatic rings. The van der Waals surface area contributed by atoms with Crippen LogP contribution in [-0.2, 0) is 11.3 Å². The quantitative estimate of drug-likeness (QED) is 0.305. The zero-order valence-corrected chi connectivity index (χ0v) is 19.9. The zero-order valence-electron chi connectivity index (χ0n) is 19.0. The molecule has 1 aliphatic carbocycles. The van der Waals surface area contributed by atoms with E-state index in [0.717, 1.165) is 51.6 Å². The summed E-state index contributed by atoms with van der Waals surface area (Å²) in [5.74, 6) is 0.0818. The van der Waals surface area contributed by atoms with Gasteiger partial charge in [0.25, 0.3) is 5.91 Å². The number of allylic oxidation sites excluding steroid dienone is 1. The molecule has 2 aromatic carbocycles. The van der Waals surface area contributed by atoms with Crippen LogP contribution in [0.1, 0.15) is 43.2 Å². The van der Waals surface area contributed by atoms with Gasteiger partial charge in [-0.15, -0.1) is 6.58 Å². The summed E-state index contributed by atoms with van der Waals surface area (Å²) in [5, 5.41) is 1.95. The molecule has 0 radical (unpaired) electrons. The van der Waals surface area contributed by atoms with E-state index in [1.165, 1.54) is 36.6 Å². The minimum Gasteiger partial charge on any atom is -0.343 e. The van der Waals surface area contributed by atoms with Crippen LogP contribution in [0.25, 0.3) is 17.0 Å². The highest BCUT2D eigenvalue weighted by atomic mass is 32.2. The molecule has 1 saturated carbocycles. The second-order valence-corrected chi connectivity index (χ2v) is 9.86. The minimum absolute atomic E-state index is 0.0818. The molecule has 4 nitrogen and oxygen atoms in total.